The summed E-state index contributed by atoms with van der Waals surface area (Å²) in [6, 6.07) is 0. The maximum absolute atomic E-state index is 11.4. The van der Waals surface area contributed by atoms with Crippen molar-refractivity contribution in [3.63, 3.8) is 0 Å². The van der Waals surface area contributed by atoms with Crippen LogP contribution in [0.25, 0.3) is 0 Å². The van der Waals surface area contributed by atoms with Crippen LogP contribution in [0.15, 0.2) is 0 Å². The molecule has 1 saturated heterocycles. The van der Waals surface area contributed by atoms with Gasteiger partial charge < -0.3 is 10.1 Å². The van der Waals surface area contributed by atoms with Crippen LogP contribution in [0.4, 0.5) is 0 Å². The molecule has 0 spiro atoms. The highest BCUT2D eigenvalue weighted by atomic mass is 35.5. The summed E-state index contributed by atoms with van der Waals surface area (Å²) < 4.78 is 4.83. The lowest BCUT2D eigenvalue weighted by molar-refractivity contribution is 0.0512. The number of esters is 1. The Morgan fingerprint density at radius 3 is 3.06 bits per heavy atom. The van der Waals surface area contributed by atoms with Crippen molar-refractivity contribution in [1.29, 1.82) is 0 Å². The number of aromatic nitrogens is 3. The number of hydrogen-bond acceptors (Lipinski definition) is 5. The van der Waals surface area contributed by atoms with Gasteiger partial charge in [0.2, 0.25) is 0 Å². The number of carbonyl (C=O) groups excluding carboxylic acids is 1. The second-order valence-corrected chi connectivity index (χ2v) is 3.81. The number of nitrogens with zero attached hydrogens (tertiary/aromatic N) is 2. The summed E-state index contributed by atoms with van der Waals surface area (Å²) in [5.74, 6) is 0.760. The van der Waals surface area contributed by atoms with E-state index in [4.69, 9.17) is 4.74 Å². The van der Waals surface area contributed by atoms with Crippen LogP contribution in [0.5, 0.6) is 0 Å². The largest absolute Gasteiger partial charge is 0.460 e. The fourth-order valence-electron chi connectivity index (χ4n) is 1.83. The summed E-state index contributed by atoms with van der Waals surface area (Å²) in [6.45, 7) is 4.04. The standard InChI is InChI=1S/C10H16N4O2.ClH/c1-2-16-10(15)9-12-8(13-14-9)7-4-3-5-11-6-7;/h7,11H,2-6H2,1H3,(H,12,13,14);1H. The van der Waals surface area contributed by atoms with E-state index in [0.29, 0.717) is 12.5 Å². The number of ether oxygens (including phenoxy) is 1. The molecule has 1 atom stereocenters. The van der Waals surface area contributed by atoms with Gasteiger partial charge in [0.1, 0.15) is 5.82 Å². The molecule has 2 heterocycles. The first-order valence-electron chi connectivity index (χ1n) is 5.61. The molecule has 0 amide bonds. The first kappa shape index (κ1) is 13.9. The molecule has 1 aliphatic heterocycles. The highest BCUT2D eigenvalue weighted by Gasteiger charge is 2.21. The molecule has 96 valence electrons. The zero-order valence-electron chi connectivity index (χ0n) is 9.73. The number of H-pyrrole nitrogens is 1. The maximum atomic E-state index is 11.4. The minimum atomic E-state index is -0.464. The van der Waals surface area contributed by atoms with Crippen molar-refractivity contribution in [3.05, 3.63) is 11.6 Å². The van der Waals surface area contributed by atoms with E-state index in [9.17, 15) is 4.79 Å². The first-order chi connectivity index (χ1) is 7.81. The van der Waals surface area contributed by atoms with Gasteiger partial charge in [0.25, 0.3) is 5.82 Å². The normalized spacial score (nSPS) is 19.5. The molecule has 7 heteroatoms. The predicted molar refractivity (Wildman–Crippen MR) is 64.4 cm³/mol. The van der Waals surface area contributed by atoms with Gasteiger partial charge in [-0.05, 0) is 26.3 Å². The molecule has 2 N–H and O–H groups in total. The molecule has 1 aromatic heterocycles. The van der Waals surface area contributed by atoms with E-state index in [1.807, 2.05) is 0 Å². The number of hydrogen-bond donors (Lipinski definition) is 2. The Morgan fingerprint density at radius 1 is 1.59 bits per heavy atom. The molecular weight excluding hydrogens is 244 g/mol. The smallest absolute Gasteiger partial charge is 0.378 e. The fraction of sp³-hybridized carbons (Fsp3) is 0.700. The topological polar surface area (TPSA) is 79.9 Å². The number of nitrogens with one attached hydrogen (secondary N) is 2. The van der Waals surface area contributed by atoms with Crippen LogP contribution < -0.4 is 5.32 Å². The van der Waals surface area contributed by atoms with Crippen molar-refractivity contribution >= 4 is 18.4 Å². The van der Waals surface area contributed by atoms with Gasteiger partial charge in [-0.25, -0.2) is 9.78 Å². The van der Waals surface area contributed by atoms with E-state index < -0.39 is 5.97 Å². The second-order valence-electron chi connectivity index (χ2n) is 3.81. The maximum Gasteiger partial charge on any atom is 0.378 e. The molecule has 0 saturated carbocycles. The molecule has 0 aromatic carbocycles. The van der Waals surface area contributed by atoms with E-state index >= 15 is 0 Å². The van der Waals surface area contributed by atoms with Crippen LogP contribution in [0.1, 0.15) is 42.1 Å². The van der Waals surface area contributed by atoms with Crippen molar-refractivity contribution in [2.45, 2.75) is 25.7 Å². The van der Waals surface area contributed by atoms with E-state index in [1.54, 1.807) is 6.92 Å². The number of halogens is 1. The Hall–Kier alpha value is -1.14. The molecule has 2 rings (SSSR count). The molecule has 1 unspecified atom stereocenters. The minimum absolute atomic E-state index is 0. The molecular formula is C10H17ClN4O2. The average molecular weight is 261 g/mol. The van der Waals surface area contributed by atoms with E-state index in [1.165, 1.54) is 0 Å². The fourth-order valence-corrected chi connectivity index (χ4v) is 1.83. The van der Waals surface area contributed by atoms with Crippen LogP contribution >= 0.6 is 12.4 Å². The first-order valence-corrected chi connectivity index (χ1v) is 5.61. The molecule has 1 aliphatic rings. The van der Waals surface area contributed by atoms with Gasteiger partial charge in [-0.3, -0.25) is 5.10 Å². The Kier molecular flexibility index (Phi) is 5.37. The van der Waals surface area contributed by atoms with Gasteiger partial charge in [0.05, 0.1) is 6.61 Å². The highest BCUT2D eigenvalue weighted by molar-refractivity contribution is 5.85. The van der Waals surface area contributed by atoms with Crippen molar-refractivity contribution in [2.75, 3.05) is 19.7 Å². The molecule has 1 aromatic rings. The zero-order valence-corrected chi connectivity index (χ0v) is 10.5. The molecule has 0 radical (unpaired) electrons. The van der Waals surface area contributed by atoms with E-state index in [-0.39, 0.29) is 18.2 Å². The summed E-state index contributed by atoms with van der Waals surface area (Å²) in [4.78, 5) is 15.5. The van der Waals surface area contributed by atoms with Crippen molar-refractivity contribution < 1.29 is 9.53 Å². The quantitative estimate of drug-likeness (QED) is 0.789. The van der Waals surface area contributed by atoms with E-state index in [0.717, 1.165) is 31.8 Å². The highest BCUT2D eigenvalue weighted by Crippen LogP contribution is 2.19. The monoisotopic (exact) mass is 260 g/mol. The molecule has 17 heavy (non-hydrogen) atoms. The van der Waals surface area contributed by atoms with Crippen molar-refractivity contribution in [1.82, 2.24) is 20.5 Å². The van der Waals surface area contributed by atoms with Crippen LogP contribution in [-0.2, 0) is 4.74 Å². The Labute approximate surface area is 106 Å². The van der Waals surface area contributed by atoms with Crippen LogP contribution in [-0.4, -0.2) is 40.8 Å². The number of rotatable bonds is 3. The summed E-state index contributed by atoms with van der Waals surface area (Å²) in [5, 5.41) is 9.98. The SMILES string of the molecule is CCOC(=O)c1n[nH]c(C2CCCNC2)n1.Cl. The number of carbonyl (C=O) groups is 1. The minimum Gasteiger partial charge on any atom is -0.460 e. The van der Waals surface area contributed by atoms with Gasteiger partial charge in [-0.2, -0.15) is 0 Å². The molecule has 0 bridgehead atoms. The summed E-state index contributed by atoms with van der Waals surface area (Å²) in [7, 11) is 0. The predicted octanol–water partition coefficient (Wildman–Crippen LogP) is 0.870. The zero-order chi connectivity index (χ0) is 11.4. The van der Waals surface area contributed by atoms with Crippen molar-refractivity contribution in [3.8, 4) is 0 Å². The third-order valence-electron chi connectivity index (χ3n) is 2.64. The van der Waals surface area contributed by atoms with Crippen LogP contribution in [0.2, 0.25) is 0 Å². The van der Waals surface area contributed by atoms with Gasteiger partial charge in [-0.1, -0.05) is 0 Å². The summed E-state index contributed by atoms with van der Waals surface area (Å²) in [5.41, 5.74) is 0. The third kappa shape index (κ3) is 3.41. The number of piperidine rings is 1. The van der Waals surface area contributed by atoms with Crippen molar-refractivity contribution in [2.24, 2.45) is 0 Å². The lowest BCUT2D eigenvalue weighted by Crippen LogP contribution is -2.29. The average Bonchev–Trinajstić information content (AvgIpc) is 2.80. The van der Waals surface area contributed by atoms with Gasteiger partial charge in [0, 0.05) is 12.5 Å². The van der Waals surface area contributed by atoms with E-state index in [2.05, 4.69) is 20.5 Å². The molecule has 1 fully saturated rings. The second kappa shape index (κ2) is 6.56. The Balaban J connectivity index is 0.00000144. The van der Waals surface area contributed by atoms with Gasteiger partial charge in [0.15, 0.2) is 0 Å². The summed E-state index contributed by atoms with van der Waals surface area (Å²) >= 11 is 0. The Bertz CT molecular complexity index is 363. The summed E-state index contributed by atoms with van der Waals surface area (Å²) in [6.07, 6.45) is 2.20. The van der Waals surface area contributed by atoms with Gasteiger partial charge in [-0.15, -0.1) is 17.5 Å². The van der Waals surface area contributed by atoms with Crippen LogP contribution in [0, 0.1) is 0 Å². The lowest BCUT2D eigenvalue weighted by atomic mass is 9.99. The molecule has 0 aliphatic carbocycles. The Morgan fingerprint density at radius 2 is 2.41 bits per heavy atom. The third-order valence-corrected chi connectivity index (χ3v) is 2.64. The molecule has 6 nitrogen and oxygen atoms in total. The van der Waals surface area contributed by atoms with Crippen LogP contribution in [0.3, 0.4) is 0 Å². The lowest BCUT2D eigenvalue weighted by Gasteiger charge is -2.19. The number of aromatic amines is 1. The van der Waals surface area contributed by atoms with Gasteiger partial charge >= 0.3 is 5.97 Å².